The lowest BCUT2D eigenvalue weighted by Gasteiger charge is -1.94. The smallest absolute Gasteiger partial charge is 0.240 e. The molecule has 0 unspecified atom stereocenters. The fourth-order valence-corrected chi connectivity index (χ4v) is 1.62. The quantitative estimate of drug-likeness (QED) is 0.927. The van der Waals surface area contributed by atoms with Gasteiger partial charge in [-0.2, -0.15) is 4.98 Å². The molecular weight excluding hydrogens is 258 g/mol. The van der Waals surface area contributed by atoms with Crippen molar-refractivity contribution in [2.75, 3.05) is 7.05 Å². The van der Waals surface area contributed by atoms with E-state index in [-0.39, 0.29) is 0 Å². The van der Waals surface area contributed by atoms with E-state index in [1.165, 1.54) is 0 Å². The van der Waals surface area contributed by atoms with Gasteiger partial charge in [-0.3, -0.25) is 0 Å². The van der Waals surface area contributed by atoms with Gasteiger partial charge in [-0.25, -0.2) is 0 Å². The van der Waals surface area contributed by atoms with Gasteiger partial charge in [0.15, 0.2) is 0 Å². The summed E-state index contributed by atoms with van der Waals surface area (Å²) in [5.74, 6) is 1.20. The molecule has 0 fully saturated rings. The van der Waals surface area contributed by atoms with E-state index in [0.717, 1.165) is 10.0 Å². The second-order valence-electron chi connectivity index (χ2n) is 3.05. The van der Waals surface area contributed by atoms with Gasteiger partial charge in [0.2, 0.25) is 11.7 Å². The zero-order chi connectivity index (χ0) is 10.7. The third-order valence-electron chi connectivity index (χ3n) is 1.88. The number of rotatable bonds is 3. The van der Waals surface area contributed by atoms with Gasteiger partial charge in [-0.15, -0.1) is 0 Å². The molecule has 0 saturated carbocycles. The third-order valence-corrected chi connectivity index (χ3v) is 2.37. The standard InChI is InChI=1S/C10H10BrN3O/c1-12-6-9-13-10(14-15-9)7-3-2-4-8(11)5-7/h2-5,12H,6H2,1H3. The molecule has 4 nitrogen and oxygen atoms in total. The molecule has 0 aliphatic carbocycles. The Morgan fingerprint density at radius 3 is 3.07 bits per heavy atom. The molecular formula is C10H10BrN3O. The second-order valence-corrected chi connectivity index (χ2v) is 3.97. The molecule has 2 aromatic rings. The number of halogens is 1. The minimum atomic E-state index is 0.584. The fourth-order valence-electron chi connectivity index (χ4n) is 1.22. The average Bonchev–Trinajstić information content (AvgIpc) is 2.67. The van der Waals surface area contributed by atoms with Gasteiger partial charge in [-0.05, 0) is 19.2 Å². The SMILES string of the molecule is CNCc1nc(-c2cccc(Br)c2)no1. The molecule has 0 saturated heterocycles. The number of hydrogen-bond donors (Lipinski definition) is 1. The molecule has 1 N–H and O–H groups in total. The lowest BCUT2D eigenvalue weighted by atomic mass is 10.2. The second kappa shape index (κ2) is 4.55. The average molecular weight is 268 g/mol. The lowest BCUT2D eigenvalue weighted by molar-refractivity contribution is 0.372. The summed E-state index contributed by atoms with van der Waals surface area (Å²) >= 11 is 3.40. The van der Waals surface area contributed by atoms with Gasteiger partial charge in [0.1, 0.15) is 0 Å². The monoisotopic (exact) mass is 267 g/mol. The Bertz CT molecular complexity index is 455. The van der Waals surface area contributed by atoms with Gasteiger partial charge in [0, 0.05) is 10.0 Å². The molecule has 0 amide bonds. The highest BCUT2D eigenvalue weighted by Gasteiger charge is 2.07. The highest BCUT2D eigenvalue weighted by Crippen LogP contribution is 2.20. The topological polar surface area (TPSA) is 51.0 Å². The predicted octanol–water partition coefficient (Wildman–Crippen LogP) is 2.22. The first-order valence-corrected chi connectivity index (χ1v) is 5.32. The van der Waals surface area contributed by atoms with E-state index in [1.54, 1.807) is 0 Å². The van der Waals surface area contributed by atoms with Crippen molar-refractivity contribution in [2.24, 2.45) is 0 Å². The van der Waals surface area contributed by atoms with Crippen molar-refractivity contribution in [2.45, 2.75) is 6.54 Å². The van der Waals surface area contributed by atoms with Crippen LogP contribution in [0.4, 0.5) is 0 Å². The minimum Gasteiger partial charge on any atom is -0.338 e. The molecule has 0 bridgehead atoms. The van der Waals surface area contributed by atoms with Gasteiger partial charge in [0.25, 0.3) is 0 Å². The van der Waals surface area contributed by atoms with E-state index in [9.17, 15) is 0 Å². The van der Waals surface area contributed by atoms with Gasteiger partial charge >= 0.3 is 0 Å². The Hall–Kier alpha value is -1.20. The number of aromatic nitrogens is 2. The molecule has 1 aromatic carbocycles. The lowest BCUT2D eigenvalue weighted by Crippen LogP contribution is -2.04. The summed E-state index contributed by atoms with van der Waals surface area (Å²) in [6, 6.07) is 7.79. The highest BCUT2D eigenvalue weighted by molar-refractivity contribution is 9.10. The molecule has 1 aromatic heterocycles. The number of nitrogens with one attached hydrogen (secondary N) is 1. The zero-order valence-corrected chi connectivity index (χ0v) is 9.78. The molecule has 78 valence electrons. The van der Waals surface area contributed by atoms with Crippen molar-refractivity contribution in [3.05, 3.63) is 34.6 Å². The predicted molar refractivity (Wildman–Crippen MR) is 60.2 cm³/mol. The van der Waals surface area contributed by atoms with Crippen LogP contribution >= 0.6 is 15.9 Å². The summed E-state index contributed by atoms with van der Waals surface area (Å²) < 4.78 is 6.06. The maximum Gasteiger partial charge on any atom is 0.240 e. The van der Waals surface area contributed by atoms with Gasteiger partial charge in [0.05, 0.1) is 6.54 Å². The Labute approximate surface area is 95.8 Å². The molecule has 5 heteroatoms. The normalized spacial score (nSPS) is 10.5. The molecule has 15 heavy (non-hydrogen) atoms. The van der Waals surface area contributed by atoms with Crippen LogP contribution in [0.5, 0.6) is 0 Å². The van der Waals surface area contributed by atoms with Crippen molar-refractivity contribution in [3.8, 4) is 11.4 Å². The fraction of sp³-hybridized carbons (Fsp3) is 0.200. The Balaban J connectivity index is 2.29. The first-order valence-electron chi connectivity index (χ1n) is 4.52. The van der Waals surface area contributed by atoms with E-state index in [1.807, 2.05) is 31.3 Å². The van der Waals surface area contributed by atoms with Crippen molar-refractivity contribution in [1.82, 2.24) is 15.5 Å². The largest absolute Gasteiger partial charge is 0.338 e. The van der Waals surface area contributed by atoms with E-state index < -0.39 is 0 Å². The zero-order valence-electron chi connectivity index (χ0n) is 8.20. The van der Waals surface area contributed by atoms with Crippen LogP contribution in [0.2, 0.25) is 0 Å². The van der Waals surface area contributed by atoms with Crippen molar-refractivity contribution >= 4 is 15.9 Å². The maximum atomic E-state index is 5.06. The first kappa shape index (κ1) is 10.3. The Morgan fingerprint density at radius 2 is 2.33 bits per heavy atom. The van der Waals surface area contributed by atoms with E-state index in [2.05, 4.69) is 31.4 Å². The van der Waals surface area contributed by atoms with E-state index in [0.29, 0.717) is 18.3 Å². The highest BCUT2D eigenvalue weighted by atomic mass is 79.9. The van der Waals surface area contributed by atoms with Crippen LogP contribution in [0.1, 0.15) is 5.89 Å². The Kier molecular flexibility index (Phi) is 3.13. The molecule has 0 atom stereocenters. The van der Waals surface area contributed by atoms with Gasteiger partial charge < -0.3 is 9.84 Å². The van der Waals surface area contributed by atoms with Crippen LogP contribution < -0.4 is 5.32 Å². The molecule has 0 aliphatic rings. The minimum absolute atomic E-state index is 0.584. The summed E-state index contributed by atoms with van der Waals surface area (Å²) in [5.41, 5.74) is 0.940. The summed E-state index contributed by atoms with van der Waals surface area (Å²) in [6.45, 7) is 0.584. The number of benzene rings is 1. The molecule has 0 aliphatic heterocycles. The summed E-state index contributed by atoms with van der Waals surface area (Å²) in [4.78, 5) is 4.25. The van der Waals surface area contributed by atoms with Crippen LogP contribution in [-0.2, 0) is 6.54 Å². The van der Waals surface area contributed by atoms with Crippen molar-refractivity contribution < 1.29 is 4.52 Å². The Morgan fingerprint density at radius 1 is 1.47 bits per heavy atom. The van der Waals surface area contributed by atoms with Gasteiger partial charge in [-0.1, -0.05) is 33.2 Å². The number of nitrogens with zero attached hydrogens (tertiary/aromatic N) is 2. The molecule has 0 spiro atoms. The maximum absolute atomic E-state index is 5.06. The molecule has 1 heterocycles. The van der Waals surface area contributed by atoms with Crippen LogP contribution in [0.25, 0.3) is 11.4 Å². The summed E-state index contributed by atoms with van der Waals surface area (Å²) in [7, 11) is 1.84. The molecule has 0 radical (unpaired) electrons. The van der Waals surface area contributed by atoms with Crippen molar-refractivity contribution in [3.63, 3.8) is 0 Å². The first-order chi connectivity index (χ1) is 7.29. The van der Waals surface area contributed by atoms with Crippen LogP contribution in [0.3, 0.4) is 0 Å². The number of hydrogen-bond acceptors (Lipinski definition) is 4. The summed E-state index contributed by atoms with van der Waals surface area (Å²) in [5, 5.41) is 6.85. The van der Waals surface area contributed by atoms with Crippen LogP contribution in [0, 0.1) is 0 Å². The van der Waals surface area contributed by atoms with E-state index in [4.69, 9.17) is 4.52 Å². The van der Waals surface area contributed by atoms with Crippen molar-refractivity contribution in [1.29, 1.82) is 0 Å². The van der Waals surface area contributed by atoms with Crippen LogP contribution in [-0.4, -0.2) is 17.2 Å². The summed E-state index contributed by atoms with van der Waals surface area (Å²) in [6.07, 6.45) is 0. The molecule has 2 rings (SSSR count). The van der Waals surface area contributed by atoms with E-state index >= 15 is 0 Å². The third kappa shape index (κ3) is 2.43. The van der Waals surface area contributed by atoms with Crippen LogP contribution in [0.15, 0.2) is 33.3 Å².